The minimum Gasteiger partial charge on any atom is -0.200 e. The van der Waals surface area contributed by atoms with E-state index in [1.807, 2.05) is 25.6 Å². The van der Waals surface area contributed by atoms with Gasteiger partial charge in [0, 0.05) is 21.2 Å². The predicted octanol–water partition coefficient (Wildman–Crippen LogP) is 9.01. The summed E-state index contributed by atoms with van der Waals surface area (Å²) in [5, 5.41) is 17.6. The maximum Gasteiger partial charge on any atom is 0.222 e. The van der Waals surface area contributed by atoms with Crippen LogP contribution in [0.1, 0.15) is 49.9 Å². The van der Waals surface area contributed by atoms with Crippen molar-refractivity contribution in [3.8, 4) is 17.3 Å². The Kier molecular flexibility index (Phi) is 5.82. The van der Waals surface area contributed by atoms with Crippen LogP contribution in [-0.2, 0) is 19.9 Å². The fraction of sp³-hybridized carbons (Fsp3) is 0.314. The summed E-state index contributed by atoms with van der Waals surface area (Å²) in [5.74, 6) is 0.575. The highest BCUT2D eigenvalue weighted by Crippen LogP contribution is 2.53. The van der Waals surface area contributed by atoms with Gasteiger partial charge in [0.25, 0.3) is 0 Å². The van der Waals surface area contributed by atoms with Crippen LogP contribution in [0, 0.1) is 36.5 Å². The standard InChI is InChI=1S/C35H35N2S/c1-20(2)14-29-25-11-8-21(3)15-27(25)22(4)31-33-32-26(12-13-37(33)7)28-16-23(18-35(5,6)19-36)9-10-24(28)17-30(32)38-34(29)31/h8-13,15-17,20H,14,18H2,1-7H3/q+1. The molecule has 0 spiro atoms. The zero-order valence-electron chi connectivity index (χ0n) is 23.5. The van der Waals surface area contributed by atoms with E-state index in [2.05, 4.69) is 100 Å². The van der Waals surface area contributed by atoms with Gasteiger partial charge in [0.2, 0.25) is 5.69 Å². The van der Waals surface area contributed by atoms with Gasteiger partial charge in [0.15, 0.2) is 6.20 Å². The van der Waals surface area contributed by atoms with Gasteiger partial charge in [-0.3, -0.25) is 0 Å². The number of aryl methyl sites for hydroxylation is 3. The molecule has 3 heteroatoms. The Morgan fingerprint density at radius 2 is 1.74 bits per heavy atom. The van der Waals surface area contributed by atoms with Gasteiger partial charge in [0.1, 0.15) is 7.05 Å². The Morgan fingerprint density at radius 1 is 0.947 bits per heavy atom. The van der Waals surface area contributed by atoms with Crippen LogP contribution in [0.5, 0.6) is 0 Å². The van der Waals surface area contributed by atoms with E-state index >= 15 is 0 Å². The first-order chi connectivity index (χ1) is 18.1. The number of hydrogen-bond acceptors (Lipinski definition) is 2. The molecule has 0 radical (unpaired) electrons. The number of pyridine rings is 1. The Bertz CT molecular complexity index is 1840. The quantitative estimate of drug-likeness (QED) is 0.173. The van der Waals surface area contributed by atoms with E-state index in [-0.39, 0.29) is 5.41 Å². The molecule has 38 heavy (non-hydrogen) atoms. The summed E-state index contributed by atoms with van der Waals surface area (Å²) in [5.41, 5.74) is 7.71. The molecule has 2 nitrogen and oxygen atoms in total. The summed E-state index contributed by atoms with van der Waals surface area (Å²) in [7, 11) is 2.19. The number of rotatable bonds is 4. The lowest BCUT2D eigenvalue weighted by atomic mass is 9.85. The SMILES string of the molecule is Cc1ccc2c(CC(C)C)c3c(c(C)c2c1)-c1c2c(cc4ccc(CC(C)(C)C#N)cc4c2cc[n+]1C)S3. The second kappa shape index (κ2) is 8.85. The lowest BCUT2D eigenvalue weighted by molar-refractivity contribution is -0.659. The van der Waals surface area contributed by atoms with Crippen LogP contribution in [0.2, 0.25) is 0 Å². The molecule has 0 aliphatic carbocycles. The van der Waals surface area contributed by atoms with E-state index in [9.17, 15) is 5.26 Å². The molecule has 1 aliphatic heterocycles. The average molecular weight is 516 g/mol. The van der Waals surface area contributed by atoms with E-state index in [4.69, 9.17) is 0 Å². The van der Waals surface area contributed by atoms with Gasteiger partial charge in [-0.1, -0.05) is 67.6 Å². The van der Waals surface area contributed by atoms with Crippen LogP contribution < -0.4 is 4.57 Å². The summed E-state index contributed by atoms with van der Waals surface area (Å²) in [6.07, 6.45) is 4.04. The molecular formula is C35H35N2S+. The fourth-order valence-electron chi connectivity index (χ4n) is 6.27. The van der Waals surface area contributed by atoms with Crippen molar-refractivity contribution in [2.24, 2.45) is 18.4 Å². The molecule has 0 bridgehead atoms. The Labute approximate surface area is 230 Å². The van der Waals surface area contributed by atoms with Gasteiger partial charge in [0.05, 0.1) is 22.4 Å². The molecule has 6 rings (SSSR count). The highest BCUT2D eigenvalue weighted by molar-refractivity contribution is 8.00. The van der Waals surface area contributed by atoms with E-state index < -0.39 is 0 Å². The molecule has 0 atom stereocenters. The third-order valence-corrected chi connectivity index (χ3v) is 9.25. The number of nitrogens with zero attached hydrogens (tertiary/aromatic N) is 2. The van der Waals surface area contributed by atoms with Crippen molar-refractivity contribution in [2.45, 2.75) is 64.2 Å². The lowest BCUT2D eigenvalue weighted by Crippen LogP contribution is -2.32. The molecule has 1 aliphatic rings. The first-order valence-electron chi connectivity index (χ1n) is 13.6. The van der Waals surface area contributed by atoms with E-state index in [0.717, 1.165) is 12.8 Å². The minimum atomic E-state index is -0.385. The van der Waals surface area contributed by atoms with Crippen molar-refractivity contribution in [3.05, 3.63) is 77.0 Å². The van der Waals surface area contributed by atoms with Crippen molar-refractivity contribution in [2.75, 3.05) is 0 Å². The Hall–Kier alpha value is -3.35. The zero-order valence-corrected chi connectivity index (χ0v) is 24.3. The van der Waals surface area contributed by atoms with Gasteiger partial charge in [-0.2, -0.15) is 5.26 Å². The van der Waals surface area contributed by atoms with Crippen molar-refractivity contribution < 1.29 is 4.57 Å². The van der Waals surface area contributed by atoms with Gasteiger partial charge < -0.3 is 0 Å². The van der Waals surface area contributed by atoms with Crippen LogP contribution >= 0.6 is 11.8 Å². The normalized spacial score (nSPS) is 12.9. The summed E-state index contributed by atoms with van der Waals surface area (Å²) < 4.78 is 2.33. The van der Waals surface area contributed by atoms with Gasteiger partial charge in [-0.05, 0) is 90.8 Å². The Morgan fingerprint density at radius 3 is 2.47 bits per heavy atom. The number of aromatic nitrogens is 1. The molecule has 2 heterocycles. The summed E-state index contributed by atoms with van der Waals surface area (Å²) in [4.78, 5) is 2.77. The molecule has 190 valence electrons. The molecule has 0 saturated carbocycles. The second-order valence-corrected chi connectivity index (χ2v) is 13.3. The first-order valence-corrected chi connectivity index (χ1v) is 14.4. The topological polar surface area (TPSA) is 27.7 Å². The highest BCUT2D eigenvalue weighted by atomic mass is 32.2. The molecule has 0 saturated heterocycles. The third kappa shape index (κ3) is 3.89. The maximum absolute atomic E-state index is 9.62. The van der Waals surface area contributed by atoms with Crippen molar-refractivity contribution >= 4 is 44.1 Å². The number of benzene rings is 4. The van der Waals surface area contributed by atoms with Crippen LogP contribution in [-0.4, -0.2) is 0 Å². The molecule has 0 fully saturated rings. The van der Waals surface area contributed by atoms with Gasteiger partial charge >= 0.3 is 0 Å². The van der Waals surface area contributed by atoms with Crippen LogP contribution in [0.25, 0.3) is 43.6 Å². The third-order valence-electron chi connectivity index (χ3n) is 8.05. The van der Waals surface area contributed by atoms with E-state index in [1.54, 1.807) is 0 Å². The van der Waals surface area contributed by atoms with Gasteiger partial charge in [-0.25, -0.2) is 4.57 Å². The highest BCUT2D eigenvalue weighted by Gasteiger charge is 2.32. The fourth-order valence-corrected chi connectivity index (χ4v) is 7.65. The summed E-state index contributed by atoms with van der Waals surface area (Å²) in [6.45, 7) is 13.2. The molecule has 0 N–H and O–H groups in total. The van der Waals surface area contributed by atoms with E-state index in [1.165, 1.54) is 75.6 Å². The van der Waals surface area contributed by atoms with Crippen LogP contribution in [0.15, 0.2) is 64.5 Å². The Balaban J connectivity index is 1.71. The van der Waals surface area contributed by atoms with Gasteiger partial charge in [-0.15, -0.1) is 0 Å². The number of fused-ring (bicyclic) bond motifs is 5. The monoisotopic (exact) mass is 515 g/mol. The van der Waals surface area contributed by atoms with Crippen molar-refractivity contribution in [3.63, 3.8) is 0 Å². The zero-order chi connectivity index (χ0) is 26.9. The van der Waals surface area contributed by atoms with Crippen LogP contribution in [0.4, 0.5) is 0 Å². The first kappa shape index (κ1) is 25.0. The summed E-state index contributed by atoms with van der Waals surface area (Å²) in [6, 6.07) is 20.9. The minimum absolute atomic E-state index is 0.385. The predicted molar refractivity (Wildman–Crippen MR) is 161 cm³/mol. The van der Waals surface area contributed by atoms with Crippen LogP contribution in [0.3, 0.4) is 0 Å². The lowest BCUT2D eigenvalue weighted by Gasteiger charge is -2.26. The van der Waals surface area contributed by atoms with Crippen molar-refractivity contribution in [1.29, 1.82) is 5.26 Å². The smallest absolute Gasteiger partial charge is 0.200 e. The largest absolute Gasteiger partial charge is 0.222 e. The van der Waals surface area contributed by atoms with Crippen molar-refractivity contribution in [1.82, 2.24) is 0 Å². The number of hydrogen-bond donors (Lipinski definition) is 0. The molecule has 4 aromatic carbocycles. The molecular weight excluding hydrogens is 480 g/mol. The molecule has 1 aromatic heterocycles. The molecule has 0 amide bonds. The molecule has 0 unspecified atom stereocenters. The summed E-state index contributed by atoms with van der Waals surface area (Å²) >= 11 is 1.96. The average Bonchev–Trinajstić information content (AvgIpc) is 2.87. The molecule has 5 aromatic rings. The number of nitriles is 1. The maximum atomic E-state index is 9.62. The second-order valence-electron chi connectivity index (χ2n) is 12.2. The van der Waals surface area contributed by atoms with E-state index in [0.29, 0.717) is 5.92 Å².